The fourth-order valence-corrected chi connectivity index (χ4v) is 2.16. The van der Waals surface area contributed by atoms with Crippen molar-refractivity contribution in [1.82, 2.24) is 0 Å². The Morgan fingerprint density at radius 1 is 1.29 bits per heavy atom. The van der Waals surface area contributed by atoms with Gasteiger partial charge in [0.2, 0.25) is 0 Å². The fraction of sp³-hybridized carbons (Fsp3) is 0.125. The van der Waals surface area contributed by atoms with Gasteiger partial charge in [0, 0.05) is 0 Å². The zero-order chi connectivity index (χ0) is 13.4. The van der Waals surface area contributed by atoms with Crippen LogP contribution in [0.15, 0.2) is 17.0 Å². The lowest BCUT2D eigenvalue weighted by Crippen LogP contribution is -2.24. The van der Waals surface area contributed by atoms with Crippen LogP contribution >= 0.6 is 11.6 Å². The van der Waals surface area contributed by atoms with E-state index in [0.717, 1.165) is 6.07 Å². The van der Waals surface area contributed by atoms with Crippen molar-refractivity contribution in [3.05, 3.63) is 28.5 Å². The van der Waals surface area contributed by atoms with E-state index in [2.05, 4.69) is 0 Å². The van der Waals surface area contributed by atoms with E-state index in [1.165, 1.54) is 0 Å². The molecular formula is C8H2ClF4NO2S. The molecule has 1 aromatic rings. The highest BCUT2D eigenvalue weighted by atomic mass is 35.5. The number of hydrogen-bond donors (Lipinski definition) is 0. The van der Waals surface area contributed by atoms with Gasteiger partial charge in [0.15, 0.2) is 0 Å². The molecule has 0 amide bonds. The van der Waals surface area contributed by atoms with E-state index in [9.17, 15) is 26.0 Å². The van der Waals surface area contributed by atoms with Gasteiger partial charge in [-0.05, 0) is 12.1 Å². The number of sulfone groups is 1. The summed E-state index contributed by atoms with van der Waals surface area (Å²) in [6.07, 6.45) is 0. The molecule has 0 atom stereocenters. The van der Waals surface area contributed by atoms with Crippen LogP contribution in [-0.4, -0.2) is 13.9 Å². The highest BCUT2D eigenvalue weighted by molar-refractivity contribution is 7.92. The van der Waals surface area contributed by atoms with Gasteiger partial charge in [0.1, 0.15) is 11.9 Å². The average molecular weight is 288 g/mol. The number of halogens is 5. The van der Waals surface area contributed by atoms with E-state index in [4.69, 9.17) is 16.9 Å². The molecule has 3 nitrogen and oxygen atoms in total. The Kier molecular flexibility index (Phi) is 3.36. The maximum absolute atomic E-state index is 12.9. The molecule has 1 aromatic carbocycles. The summed E-state index contributed by atoms with van der Waals surface area (Å²) in [7, 11) is -5.73. The van der Waals surface area contributed by atoms with Crippen LogP contribution in [0.3, 0.4) is 0 Å². The Morgan fingerprint density at radius 2 is 1.82 bits per heavy atom. The fourth-order valence-electron chi connectivity index (χ4n) is 0.986. The third kappa shape index (κ3) is 2.21. The molecule has 1 rings (SSSR count). The van der Waals surface area contributed by atoms with Crippen LogP contribution in [0.1, 0.15) is 5.56 Å². The number of nitrogens with zero attached hydrogens (tertiary/aromatic N) is 1. The summed E-state index contributed by atoms with van der Waals surface area (Å²) < 4.78 is 71.7. The number of nitriles is 1. The Labute approximate surface area is 98.1 Å². The van der Waals surface area contributed by atoms with Gasteiger partial charge in [-0.2, -0.15) is 18.4 Å². The van der Waals surface area contributed by atoms with Crippen LogP contribution in [0.5, 0.6) is 0 Å². The first-order valence-electron chi connectivity index (χ1n) is 3.82. The predicted molar refractivity (Wildman–Crippen MR) is 49.4 cm³/mol. The van der Waals surface area contributed by atoms with E-state index in [0.29, 0.717) is 12.1 Å². The van der Waals surface area contributed by atoms with Crippen molar-refractivity contribution in [3.63, 3.8) is 0 Å². The molecule has 0 aliphatic heterocycles. The maximum Gasteiger partial charge on any atom is 0.501 e. The first-order chi connectivity index (χ1) is 7.63. The van der Waals surface area contributed by atoms with E-state index in [-0.39, 0.29) is 0 Å². The molecular weight excluding hydrogens is 286 g/mol. The minimum absolute atomic E-state index is 0.350. The summed E-state index contributed by atoms with van der Waals surface area (Å²) in [5.41, 5.74) is -6.65. The highest BCUT2D eigenvalue weighted by Crippen LogP contribution is 2.35. The number of benzene rings is 1. The van der Waals surface area contributed by atoms with Crippen LogP contribution in [-0.2, 0) is 9.84 Å². The topological polar surface area (TPSA) is 57.9 Å². The van der Waals surface area contributed by atoms with Crippen LogP contribution in [0.25, 0.3) is 0 Å². The molecule has 0 aromatic heterocycles. The lowest BCUT2D eigenvalue weighted by atomic mass is 10.2. The van der Waals surface area contributed by atoms with Crippen molar-refractivity contribution in [3.8, 4) is 6.07 Å². The molecule has 0 aliphatic carbocycles. The molecule has 0 saturated heterocycles. The SMILES string of the molecule is N#Cc1c(S(=O)(=O)C(F)(F)F)ccc(F)c1Cl. The molecule has 0 unspecified atom stereocenters. The van der Waals surface area contributed by atoms with Crippen molar-refractivity contribution in [2.75, 3.05) is 0 Å². The van der Waals surface area contributed by atoms with Gasteiger partial charge >= 0.3 is 5.51 Å². The van der Waals surface area contributed by atoms with Gasteiger partial charge in [-0.25, -0.2) is 12.8 Å². The third-order valence-corrected chi connectivity index (χ3v) is 3.66. The standard InChI is InChI=1S/C8H2ClF4NO2S/c9-7-4(3-14)6(2-1-5(7)10)17(15,16)8(11,12)13/h1-2H. The Morgan fingerprint density at radius 3 is 2.24 bits per heavy atom. The molecule has 0 fully saturated rings. The summed E-state index contributed by atoms with van der Waals surface area (Å²) in [6, 6.07) is 1.93. The van der Waals surface area contributed by atoms with Crippen molar-refractivity contribution in [2.24, 2.45) is 0 Å². The van der Waals surface area contributed by atoms with E-state index >= 15 is 0 Å². The smallest absolute Gasteiger partial charge is 0.214 e. The molecule has 0 aliphatic rings. The number of alkyl halides is 3. The Balaban J connectivity index is 3.68. The van der Waals surface area contributed by atoms with Crippen LogP contribution in [0, 0.1) is 17.1 Å². The second kappa shape index (κ2) is 4.16. The molecule has 0 N–H and O–H groups in total. The van der Waals surface area contributed by atoms with Crippen LogP contribution < -0.4 is 0 Å². The lowest BCUT2D eigenvalue weighted by Gasteiger charge is -2.10. The molecule has 0 bridgehead atoms. The molecule has 0 heterocycles. The lowest BCUT2D eigenvalue weighted by molar-refractivity contribution is -0.0436. The third-order valence-electron chi connectivity index (χ3n) is 1.76. The number of hydrogen-bond acceptors (Lipinski definition) is 3. The highest BCUT2D eigenvalue weighted by Gasteiger charge is 2.48. The summed E-state index contributed by atoms with van der Waals surface area (Å²) in [5, 5.41) is 7.56. The van der Waals surface area contributed by atoms with Crippen molar-refractivity contribution < 1.29 is 26.0 Å². The maximum atomic E-state index is 12.9. The Hall–Kier alpha value is -1.33. The molecule has 92 valence electrons. The molecule has 0 radical (unpaired) electrons. The number of rotatable bonds is 1. The van der Waals surface area contributed by atoms with Gasteiger partial charge in [-0.3, -0.25) is 0 Å². The van der Waals surface area contributed by atoms with Gasteiger partial charge in [0.05, 0.1) is 15.5 Å². The first kappa shape index (κ1) is 13.7. The minimum atomic E-state index is -5.73. The van der Waals surface area contributed by atoms with E-state index in [1.807, 2.05) is 0 Å². The second-order valence-corrected chi connectivity index (χ2v) is 5.08. The van der Waals surface area contributed by atoms with Gasteiger partial charge < -0.3 is 0 Å². The van der Waals surface area contributed by atoms with Crippen molar-refractivity contribution in [2.45, 2.75) is 10.4 Å². The first-order valence-corrected chi connectivity index (χ1v) is 5.68. The predicted octanol–water partition coefficient (Wildman–Crippen LogP) is 2.64. The molecule has 17 heavy (non-hydrogen) atoms. The molecule has 0 spiro atoms. The largest absolute Gasteiger partial charge is 0.501 e. The minimum Gasteiger partial charge on any atom is -0.214 e. The van der Waals surface area contributed by atoms with Gasteiger partial charge in [-0.15, -0.1) is 0 Å². The molecule has 0 saturated carbocycles. The van der Waals surface area contributed by atoms with E-state index in [1.54, 1.807) is 0 Å². The zero-order valence-corrected chi connectivity index (χ0v) is 9.29. The Bertz CT molecular complexity index is 603. The second-order valence-electron chi connectivity index (χ2n) is 2.80. The van der Waals surface area contributed by atoms with Crippen LogP contribution in [0.4, 0.5) is 17.6 Å². The van der Waals surface area contributed by atoms with Gasteiger partial charge in [-0.1, -0.05) is 11.6 Å². The summed E-state index contributed by atoms with van der Waals surface area (Å²) in [5.74, 6) is -1.18. The summed E-state index contributed by atoms with van der Waals surface area (Å²) in [4.78, 5) is -1.36. The summed E-state index contributed by atoms with van der Waals surface area (Å²) in [6.45, 7) is 0. The monoisotopic (exact) mass is 287 g/mol. The zero-order valence-electron chi connectivity index (χ0n) is 7.72. The average Bonchev–Trinajstić information content (AvgIpc) is 2.19. The normalized spacial score (nSPS) is 12.2. The van der Waals surface area contributed by atoms with Crippen molar-refractivity contribution >= 4 is 21.4 Å². The van der Waals surface area contributed by atoms with Crippen LogP contribution in [0.2, 0.25) is 5.02 Å². The van der Waals surface area contributed by atoms with Gasteiger partial charge in [0.25, 0.3) is 9.84 Å². The molecule has 9 heteroatoms. The quantitative estimate of drug-likeness (QED) is 0.589. The van der Waals surface area contributed by atoms with E-state index < -0.39 is 36.6 Å². The summed E-state index contributed by atoms with van der Waals surface area (Å²) >= 11 is 5.23. The van der Waals surface area contributed by atoms with Crippen molar-refractivity contribution in [1.29, 1.82) is 5.26 Å².